The van der Waals surface area contributed by atoms with E-state index in [-0.39, 0.29) is 11.2 Å². The van der Waals surface area contributed by atoms with Gasteiger partial charge in [-0.1, -0.05) is 5.57 Å². The molecule has 2 fully saturated rings. The molecule has 6 rings (SSSR count). The number of carbonyl (C=O) groups excluding carboxylic acids is 1. The van der Waals surface area contributed by atoms with Crippen LogP contribution in [0.4, 0.5) is 4.39 Å². The van der Waals surface area contributed by atoms with Crippen molar-refractivity contribution in [1.29, 1.82) is 0 Å². The number of esters is 1. The van der Waals surface area contributed by atoms with Gasteiger partial charge in [-0.3, -0.25) is 4.98 Å². The third-order valence-corrected chi connectivity index (χ3v) is 8.29. The molecule has 35 heavy (non-hydrogen) atoms. The van der Waals surface area contributed by atoms with Crippen LogP contribution in [0.3, 0.4) is 0 Å². The number of hydrogen-bond acceptors (Lipinski definition) is 5. The van der Waals surface area contributed by atoms with Crippen molar-refractivity contribution in [1.82, 2.24) is 14.8 Å². The zero-order valence-corrected chi connectivity index (χ0v) is 19.7. The summed E-state index contributed by atoms with van der Waals surface area (Å²) in [6.07, 6.45) is 11.3. The lowest BCUT2D eigenvalue weighted by atomic mass is 9.61. The minimum absolute atomic E-state index is 0.273. The second-order valence-corrected chi connectivity index (χ2v) is 10.1. The summed E-state index contributed by atoms with van der Waals surface area (Å²) in [7, 11) is 1.37. The average Bonchev–Trinajstić information content (AvgIpc) is 3.60. The predicted octanol–water partition coefficient (Wildman–Crippen LogP) is 4.69. The lowest BCUT2D eigenvalue weighted by Gasteiger charge is -2.46. The summed E-state index contributed by atoms with van der Waals surface area (Å²) in [5.74, 6) is -0.239. The number of aryl methyl sites for hydroxylation is 1. The topological polar surface area (TPSA) is 77.2 Å². The number of aliphatic hydroxyl groups is 1. The Kier molecular flexibility index (Phi) is 5.14. The molecule has 1 aromatic carbocycles. The molecule has 1 N–H and O–H groups in total. The lowest BCUT2D eigenvalue weighted by molar-refractivity contribution is -0.0662. The molecule has 2 aromatic heterocycles. The van der Waals surface area contributed by atoms with Gasteiger partial charge in [-0.05, 0) is 98.9 Å². The van der Waals surface area contributed by atoms with Gasteiger partial charge >= 0.3 is 5.97 Å². The van der Waals surface area contributed by atoms with Gasteiger partial charge < -0.3 is 9.84 Å². The van der Waals surface area contributed by atoms with E-state index in [9.17, 15) is 14.3 Å². The molecule has 0 unspecified atom stereocenters. The highest BCUT2D eigenvalue weighted by molar-refractivity contribution is 5.90. The van der Waals surface area contributed by atoms with E-state index in [1.807, 2.05) is 10.9 Å². The number of carbonyl (C=O) groups is 1. The molecule has 0 bridgehead atoms. The van der Waals surface area contributed by atoms with E-state index in [2.05, 4.69) is 16.2 Å². The molecule has 3 aromatic rings. The molecule has 2 atom stereocenters. The lowest BCUT2D eigenvalue weighted by Crippen LogP contribution is -2.49. The number of pyridine rings is 1. The van der Waals surface area contributed by atoms with E-state index in [1.54, 1.807) is 30.5 Å². The van der Waals surface area contributed by atoms with Crippen LogP contribution < -0.4 is 0 Å². The van der Waals surface area contributed by atoms with E-state index in [4.69, 9.17) is 4.74 Å². The van der Waals surface area contributed by atoms with Gasteiger partial charge in [0.1, 0.15) is 5.82 Å². The van der Waals surface area contributed by atoms with Gasteiger partial charge in [-0.25, -0.2) is 13.9 Å². The number of rotatable bonds is 6. The number of hydrogen-bond donors (Lipinski definition) is 1. The largest absolute Gasteiger partial charge is 0.465 e. The van der Waals surface area contributed by atoms with E-state index in [0.29, 0.717) is 36.4 Å². The van der Waals surface area contributed by atoms with Crippen LogP contribution in [-0.4, -0.2) is 38.6 Å². The van der Waals surface area contributed by atoms with Crippen molar-refractivity contribution in [3.05, 3.63) is 82.7 Å². The van der Waals surface area contributed by atoms with Gasteiger partial charge in [0.15, 0.2) is 0 Å². The highest BCUT2D eigenvalue weighted by Crippen LogP contribution is 2.66. The molecule has 2 saturated carbocycles. The Bertz CT molecular complexity index is 1330. The zero-order valence-electron chi connectivity index (χ0n) is 19.7. The van der Waals surface area contributed by atoms with E-state index in [0.717, 1.165) is 42.6 Å². The third-order valence-electron chi connectivity index (χ3n) is 8.29. The van der Waals surface area contributed by atoms with Crippen molar-refractivity contribution in [2.45, 2.75) is 50.5 Å². The van der Waals surface area contributed by atoms with Gasteiger partial charge in [0, 0.05) is 11.6 Å². The third kappa shape index (κ3) is 3.44. The van der Waals surface area contributed by atoms with E-state index < -0.39 is 11.6 Å². The number of fused-ring (bicyclic) bond motifs is 2. The fourth-order valence-corrected chi connectivity index (χ4v) is 6.47. The SMILES string of the molecule is COC(=O)c1cccnc1CC[C@]1(O)CCC2=Cc3c(cnn3-c3ccc(F)cc3)C[C@@]21C1CC1. The maximum absolute atomic E-state index is 13.5. The molecule has 3 aliphatic rings. The normalized spacial score (nSPS) is 25.1. The first-order valence-electron chi connectivity index (χ1n) is 12.2. The fourth-order valence-electron chi connectivity index (χ4n) is 6.47. The Morgan fingerprint density at radius 1 is 1.26 bits per heavy atom. The van der Waals surface area contributed by atoms with Crippen molar-refractivity contribution in [3.8, 4) is 5.69 Å². The van der Waals surface area contributed by atoms with Crippen molar-refractivity contribution in [2.75, 3.05) is 7.11 Å². The Labute approximate surface area is 203 Å². The standard InChI is InChI=1S/C28H28FN3O3/c1-35-26(33)23-3-2-14-30-24(23)11-13-27(34)12-10-20-15-25-18(16-28(20,27)19-4-5-19)17-31-32(25)22-8-6-21(29)7-9-22/h2-3,6-9,14-15,17,19,34H,4-5,10-13,16H2,1H3/t27-,28-/m1/s1. The fraction of sp³-hybridized carbons (Fsp3) is 0.393. The monoisotopic (exact) mass is 473 g/mol. The first-order chi connectivity index (χ1) is 16.9. The van der Waals surface area contributed by atoms with Crippen LogP contribution in [0.5, 0.6) is 0 Å². The molecule has 0 spiro atoms. The predicted molar refractivity (Wildman–Crippen MR) is 128 cm³/mol. The molecule has 0 saturated heterocycles. The number of nitrogens with zero attached hydrogens (tertiary/aromatic N) is 3. The van der Waals surface area contributed by atoms with Crippen molar-refractivity contribution < 1.29 is 19.0 Å². The number of aromatic nitrogens is 3. The van der Waals surface area contributed by atoms with Crippen molar-refractivity contribution in [2.24, 2.45) is 11.3 Å². The summed E-state index contributed by atoms with van der Waals surface area (Å²) in [6.45, 7) is 0. The molecule has 0 amide bonds. The van der Waals surface area contributed by atoms with Gasteiger partial charge in [-0.2, -0.15) is 5.10 Å². The minimum atomic E-state index is -0.888. The summed E-state index contributed by atoms with van der Waals surface area (Å²) in [6, 6.07) is 9.82. The van der Waals surface area contributed by atoms with Gasteiger partial charge in [-0.15, -0.1) is 0 Å². The molecule has 180 valence electrons. The van der Waals surface area contributed by atoms with Crippen LogP contribution in [0.2, 0.25) is 0 Å². The summed E-state index contributed by atoms with van der Waals surface area (Å²) >= 11 is 0. The van der Waals surface area contributed by atoms with Crippen molar-refractivity contribution >= 4 is 12.0 Å². The second kappa shape index (κ2) is 8.12. The second-order valence-electron chi connectivity index (χ2n) is 10.1. The summed E-state index contributed by atoms with van der Waals surface area (Å²) in [5.41, 5.74) is 4.15. The Balaban J connectivity index is 1.34. The van der Waals surface area contributed by atoms with Gasteiger partial charge in [0.25, 0.3) is 0 Å². The molecule has 3 aliphatic carbocycles. The smallest absolute Gasteiger partial charge is 0.339 e. The van der Waals surface area contributed by atoms with Crippen LogP contribution in [0.1, 0.15) is 59.4 Å². The highest BCUT2D eigenvalue weighted by Gasteiger charge is 2.63. The summed E-state index contributed by atoms with van der Waals surface area (Å²) in [5, 5.41) is 16.8. The molecule has 7 heteroatoms. The van der Waals surface area contributed by atoms with Gasteiger partial charge in [0.05, 0.1) is 41.5 Å². The minimum Gasteiger partial charge on any atom is -0.465 e. The highest BCUT2D eigenvalue weighted by atomic mass is 19.1. The zero-order chi connectivity index (χ0) is 24.2. The maximum Gasteiger partial charge on any atom is 0.339 e. The van der Waals surface area contributed by atoms with E-state index in [1.165, 1.54) is 24.8 Å². The Hall–Kier alpha value is -3.32. The van der Waals surface area contributed by atoms with Crippen LogP contribution in [-0.2, 0) is 17.6 Å². The first-order valence-corrected chi connectivity index (χ1v) is 12.2. The Morgan fingerprint density at radius 2 is 2.06 bits per heavy atom. The van der Waals surface area contributed by atoms with Crippen LogP contribution in [0, 0.1) is 17.2 Å². The molecule has 0 aliphatic heterocycles. The summed E-state index contributed by atoms with van der Waals surface area (Å²) < 4.78 is 20.3. The number of ether oxygens (including phenoxy) is 1. The number of benzene rings is 1. The van der Waals surface area contributed by atoms with Crippen LogP contribution in [0.15, 0.2) is 54.4 Å². The molecule has 2 heterocycles. The van der Waals surface area contributed by atoms with E-state index >= 15 is 0 Å². The first kappa shape index (κ1) is 22.2. The quantitative estimate of drug-likeness (QED) is 0.526. The number of halogens is 1. The van der Waals surface area contributed by atoms with Gasteiger partial charge in [0.2, 0.25) is 0 Å². The number of methoxy groups -OCH3 is 1. The van der Waals surface area contributed by atoms with Crippen molar-refractivity contribution in [3.63, 3.8) is 0 Å². The summed E-state index contributed by atoms with van der Waals surface area (Å²) in [4.78, 5) is 16.7. The molecular formula is C28H28FN3O3. The Morgan fingerprint density at radius 3 is 2.80 bits per heavy atom. The molecule has 0 radical (unpaired) electrons. The average molecular weight is 474 g/mol. The van der Waals surface area contributed by atoms with Crippen LogP contribution >= 0.6 is 0 Å². The van der Waals surface area contributed by atoms with Crippen LogP contribution in [0.25, 0.3) is 11.8 Å². The molecule has 6 nitrogen and oxygen atoms in total. The maximum atomic E-state index is 13.5. The molecular weight excluding hydrogens is 445 g/mol.